The Hall–Kier alpha value is -0.780. The van der Waals surface area contributed by atoms with Crippen LogP contribution >= 0.6 is 0 Å². The van der Waals surface area contributed by atoms with E-state index in [0.717, 1.165) is 11.8 Å². The third-order valence-electron chi connectivity index (χ3n) is 4.13. The van der Waals surface area contributed by atoms with Crippen molar-refractivity contribution in [2.75, 3.05) is 0 Å². The first-order valence-electron chi connectivity index (χ1n) is 6.97. The summed E-state index contributed by atoms with van der Waals surface area (Å²) < 4.78 is 0. The maximum absolute atomic E-state index is 2.00. The van der Waals surface area contributed by atoms with Crippen LogP contribution in [0.5, 0.6) is 0 Å². The van der Waals surface area contributed by atoms with E-state index in [1.165, 1.54) is 25.7 Å². The smallest absolute Gasteiger partial charge is 0.0386 e. The van der Waals surface area contributed by atoms with Gasteiger partial charge in [-0.15, -0.1) is 0 Å². The van der Waals surface area contributed by atoms with Crippen LogP contribution in [-0.4, -0.2) is 0 Å². The van der Waals surface area contributed by atoms with Gasteiger partial charge < -0.3 is 0 Å². The standard InChI is InChI=1S/C10H18.C6H6/c1-2-6-9(5-1)10-7-3-4-8-10;1-2-4-6-5-3-1/h9-10H,1-8H2;1-6H. The van der Waals surface area contributed by atoms with E-state index in [9.17, 15) is 0 Å². The molecule has 16 heavy (non-hydrogen) atoms. The van der Waals surface area contributed by atoms with Gasteiger partial charge in [-0.25, -0.2) is 0 Å². The van der Waals surface area contributed by atoms with Gasteiger partial charge in [0.2, 0.25) is 0 Å². The van der Waals surface area contributed by atoms with Crippen molar-refractivity contribution in [1.82, 2.24) is 0 Å². The molecule has 1 aromatic rings. The normalized spacial score (nSPS) is 21.8. The van der Waals surface area contributed by atoms with E-state index in [2.05, 4.69) is 0 Å². The summed E-state index contributed by atoms with van der Waals surface area (Å²) in [6.45, 7) is 0. The summed E-state index contributed by atoms with van der Waals surface area (Å²) in [4.78, 5) is 0. The largest absolute Gasteiger partial charge is 0.0623 e. The molecule has 2 saturated carbocycles. The second kappa shape index (κ2) is 6.73. The summed E-state index contributed by atoms with van der Waals surface area (Å²) >= 11 is 0. The van der Waals surface area contributed by atoms with Gasteiger partial charge in [0.05, 0.1) is 0 Å². The van der Waals surface area contributed by atoms with E-state index in [1.807, 2.05) is 36.4 Å². The highest BCUT2D eigenvalue weighted by atomic mass is 14.3. The lowest BCUT2D eigenvalue weighted by Gasteiger charge is -2.16. The number of hydrogen-bond acceptors (Lipinski definition) is 0. The van der Waals surface area contributed by atoms with Crippen LogP contribution in [0, 0.1) is 11.8 Å². The predicted octanol–water partition coefficient (Wildman–Crippen LogP) is 5.05. The summed E-state index contributed by atoms with van der Waals surface area (Å²) in [6, 6.07) is 12.0. The van der Waals surface area contributed by atoms with Gasteiger partial charge in [-0.3, -0.25) is 0 Å². The molecular formula is C16H24. The minimum atomic E-state index is 1.16. The summed E-state index contributed by atoms with van der Waals surface area (Å²) in [7, 11) is 0. The van der Waals surface area contributed by atoms with E-state index in [4.69, 9.17) is 0 Å². The maximum atomic E-state index is 2.00. The zero-order valence-electron chi connectivity index (χ0n) is 10.3. The van der Waals surface area contributed by atoms with Gasteiger partial charge in [-0.1, -0.05) is 87.8 Å². The van der Waals surface area contributed by atoms with Crippen LogP contribution in [0.4, 0.5) is 0 Å². The Labute approximate surface area is 100 Å². The lowest BCUT2D eigenvalue weighted by Crippen LogP contribution is -2.06. The van der Waals surface area contributed by atoms with Gasteiger partial charge in [-0.05, 0) is 11.8 Å². The molecule has 0 atom stereocenters. The Bertz CT molecular complexity index is 212. The van der Waals surface area contributed by atoms with Crippen molar-refractivity contribution in [2.45, 2.75) is 51.4 Å². The fourth-order valence-corrected chi connectivity index (χ4v) is 3.24. The van der Waals surface area contributed by atoms with Crippen LogP contribution in [0.25, 0.3) is 0 Å². The Kier molecular flexibility index (Phi) is 4.92. The fraction of sp³-hybridized carbons (Fsp3) is 0.625. The quantitative estimate of drug-likeness (QED) is 0.616. The van der Waals surface area contributed by atoms with E-state index < -0.39 is 0 Å². The predicted molar refractivity (Wildman–Crippen MR) is 70.4 cm³/mol. The molecule has 1 aromatic carbocycles. The molecule has 0 heteroatoms. The Morgan fingerprint density at radius 1 is 0.438 bits per heavy atom. The van der Waals surface area contributed by atoms with Gasteiger partial charge in [0, 0.05) is 0 Å². The molecule has 0 radical (unpaired) electrons. The third-order valence-corrected chi connectivity index (χ3v) is 4.13. The number of rotatable bonds is 1. The molecule has 0 aliphatic heterocycles. The Balaban J connectivity index is 0.000000138. The lowest BCUT2D eigenvalue weighted by molar-refractivity contribution is 0.347. The molecule has 0 heterocycles. The van der Waals surface area contributed by atoms with Crippen LogP contribution in [0.2, 0.25) is 0 Å². The van der Waals surface area contributed by atoms with Gasteiger partial charge >= 0.3 is 0 Å². The SMILES string of the molecule is C1CCC(C2CCCC2)C1.c1ccccc1. The van der Waals surface area contributed by atoms with E-state index in [0.29, 0.717) is 0 Å². The molecule has 2 aliphatic carbocycles. The van der Waals surface area contributed by atoms with Crippen molar-refractivity contribution in [3.8, 4) is 0 Å². The van der Waals surface area contributed by atoms with Crippen LogP contribution in [0.15, 0.2) is 36.4 Å². The van der Waals surface area contributed by atoms with Crippen molar-refractivity contribution in [3.05, 3.63) is 36.4 Å². The second-order valence-corrected chi connectivity index (χ2v) is 5.24. The van der Waals surface area contributed by atoms with Gasteiger partial charge in [-0.2, -0.15) is 0 Å². The molecule has 2 aliphatic rings. The van der Waals surface area contributed by atoms with Gasteiger partial charge in [0.15, 0.2) is 0 Å². The Morgan fingerprint density at radius 2 is 0.688 bits per heavy atom. The highest BCUT2D eigenvalue weighted by molar-refractivity contribution is 4.99. The van der Waals surface area contributed by atoms with Gasteiger partial charge in [0.1, 0.15) is 0 Å². The highest BCUT2D eigenvalue weighted by Gasteiger charge is 2.26. The first-order chi connectivity index (χ1) is 7.97. The molecule has 0 bridgehead atoms. The molecular weight excluding hydrogens is 192 g/mol. The monoisotopic (exact) mass is 216 g/mol. The van der Waals surface area contributed by atoms with Gasteiger partial charge in [0.25, 0.3) is 0 Å². The van der Waals surface area contributed by atoms with Crippen molar-refractivity contribution in [1.29, 1.82) is 0 Å². The first-order valence-corrected chi connectivity index (χ1v) is 6.97. The van der Waals surface area contributed by atoms with E-state index in [1.54, 1.807) is 25.7 Å². The average molecular weight is 216 g/mol. The molecule has 0 saturated heterocycles. The van der Waals surface area contributed by atoms with Crippen molar-refractivity contribution < 1.29 is 0 Å². The molecule has 0 spiro atoms. The summed E-state index contributed by atoms with van der Waals surface area (Å²) in [5.74, 6) is 2.31. The molecule has 3 rings (SSSR count). The molecule has 0 nitrogen and oxygen atoms in total. The zero-order valence-corrected chi connectivity index (χ0v) is 10.3. The summed E-state index contributed by atoms with van der Waals surface area (Å²) in [5.41, 5.74) is 0. The topological polar surface area (TPSA) is 0 Å². The molecule has 0 unspecified atom stereocenters. The molecule has 0 aromatic heterocycles. The van der Waals surface area contributed by atoms with E-state index in [-0.39, 0.29) is 0 Å². The van der Waals surface area contributed by atoms with Crippen LogP contribution in [-0.2, 0) is 0 Å². The van der Waals surface area contributed by atoms with Crippen LogP contribution in [0.1, 0.15) is 51.4 Å². The minimum Gasteiger partial charge on any atom is -0.0623 e. The minimum absolute atomic E-state index is 1.16. The fourth-order valence-electron chi connectivity index (χ4n) is 3.24. The van der Waals surface area contributed by atoms with Crippen LogP contribution < -0.4 is 0 Å². The Morgan fingerprint density at radius 3 is 0.938 bits per heavy atom. The molecule has 88 valence electrons. The first kappa shape index (κ1) is 11.7. The van der Waals surface area contributed by atoms with Crippen LogP contribution in [0.3, 0.4) is 0 Å². The molecule has 2 fully saturated rings. The average Bonchev–Trinajstić information content (AvgIpc) is 3.05. The number of benzene rings is 1. The number of hydrogen-bond donors (Lipinski definition) is 0. The van der Waals surface area contributed by atoms with Crippen molar-refractivity contribution >= 4 is 0 Å². The zero-order chi connectivity index (χ0) is 11.1. The second-order valence-electron chi connectivity index (χ2n) is 5.24. The highest BCUT2D eigenvalue weighted by Crippen LogP contribution is 2.39. The summed E-state index contributed by atoms with van der Waals surface area (Å²) in [5, 5.41) is 0. The molecule has 0 amide bonds. The maximum Gasteiger partial charge on any atom is -0.0386 e. The lowest BCUT2D eigenvalue weighted by atomic mass is 9.90. The van der Waals surface area contributed by atoms with E-state index >= 15 is 0 Å². The summed E-state index contributed by atoms with van der Waals surface area (Å²) in [6.07, 6.45) is 12.4. The third kappa shape index (κ3) is 3.66. The molecule has 0 N–H and O–H groups in total. The van der Waals surface area contributed by atoms with Crippen molar-refractivity contribution in [3.63, 3.8) is 0 Å². The van der Waals surface area contributed by atoms with Crippen molar-refractivity contribution in [2.24, 2.45) is 11.8 Å².